The maximum absolute atomic E-state index is 13.4. The van der Waals surface area contributed by atoms with Gasteiger partial charge in [-0.25, -0.2) is 4.39 Å². The average Bonchev–Trinajstić information content (AvgIpc) is 2.36. The maximum Gasteiger partial charge on any atom is 0.222 e. The highest BCUT2D eigenvalue weighted by Crippen LogP contribution is 2.22. The van der Waals surface area contributed by atoms with Crippen molar-refractivity contribution in [3.8, 4) is 0 Å². The summed E-state index contributed by atoms with van der Waals surface area (Å²) in [4.78, 5) is 21.8. The highest BCUT2D eigenvalue weighted by atomic mass is 19.1. The fraction of sp³-hybridized carbons (Fsp3) is 0.385. The molecule has 6 N–H and O–H groups in total. The van der Waals surface area contributed by atoms with E-state index in [9.17, 15) is 24.2 Å². The molecule has 0 bridgehead atoms. The Balaban J connectivity index is 2.85. The summed E-state index contributed by atoms with van der Waals surface area (Å²) in [6.07, 6.45) is -3.17. The Bertz CT molecular complexity index is 525. The van der Waals surface area contributed by atoms with E-state index < -0.39 is 49.0 Å². The number of halogens is 1. The molecule has 0 spiro atoms. The summed E-state index contributed by atoms with van der Waals surface area (Å²) < 4.78 is 18.5. The van der Waals surface area contributed by atoms with Gasteiger partial charge >= 0.3 is 0 Å². The number of ether oxygens (including phenoxy) is 1. The third-order valence-electron chi connectivity index (χ3n) is 2.78. The molecule has 1 aromatic rings. The van der Waals surface area contributed by atoms with E-state index in [-0.39, 0.29) is 5.56 Å². The zero-order valence-electron chi connectivity index (χ0n) is 11.2. The van der Waals surface area contributed by atoms with Crippen molar-refractivity contribution in [2.75, 3.05) is 0 Å². The van der Waals surface area contributed by atoms with Crippen molar-refractivity contribution in [2.24, 2.45) is 11.5 Å². The third-order valence-corrected chi connectivity index (χ3v) is 2.78. The molecule has 0 saturated heterocycles. The Labute approximate surface area is 120 Å². The molecule has 1 aromatic carbocycles. The normalized spacial score (nSPS) is 15.2. The molecule has 0 radical (unpaired) electrons. The van der Waals surface area contributed by atoms with Crippen LogP contribution in [0, 0.1) is 5.82 Å². The predicted octanol–water partition coefficient (Wildman–Crippen LogP) is -0.857. The second-order valence-electron chi connectivity index (χ2n) is 4.55. The molecule has 0 heterocycles. The minimum absolute atomic E-state index is 0.103. The fourth-order valence-corrected chi connectivity index (χ4v) is 1.68. The molecule has 0 aromatic heterocycles. The standard InChI is InChI=1S/C13H17FN2O5/c14-9-4-2-1-3-8(9)7-21-13(20,6-12(16)19)10(17)5-11(15)18/h1-4,10,17,20H,5-7H2,(H2,15,18)(H2,16,19). The lowest BCUT2D eigenvalue weighted by atomic mass is 10.0. The largest absolute Gasteiger partial charge is 0.387 e. The smallest absolute Gasteiger partial charge is 0.222 e. The molecule has 0 aliphatic heterocycles. The Kier molecular flexibility index (Phi) is 5.77. The molecule has 2 amide bonds. The summed E-state index contributed by atoms with van der Waals surface area (Å²) in [5.74, 6) is -4.87. The van der Waals surface area contributed by atoms with Crippen LogP contribution in [0.3, 0.4) is 0 Å². The van der Waals surface area contributed by atoms with Crippen LogP contribution in [0.25, 0.3) is 0 Å². The lowest BCUT2D eigenvalue weighted by molar-refractivity contribution is -0.263. The summed E-state index contributed by atoms with van der Waals surface area (Å²) in [6.45, 7) is -0.424. The van der Waals surface area contributed by atoms with Crippen molar-refractivity contribution >= 4 is 11.8 Å². The number of rotatable bonds is 8. The lowest BCUT2D eigenvalue weighted by Crippen LogP contribution is -2.49. The van der Waals surface area contributed by atoms with E-state index in [4.69, 9.17) is 16.2 Å². The predicted molar refractivity (Wildman–Crippen MR) is 69.8 cm³/mol. The van der Waals surface area contributed by atoms with Gasteiger partial charge in [0, 0.05) is 5.56 Å². The maximum atomic E-state index is 13.4. The summed E-state index contributed by atoms with van der Waals surface area (Å²) in [6, 6.07) is 5.61. The number of carbonyl (C=O) groups excluding carboxylic acids is 2. The Morgan fingerprint density at radius 3 is 2.43 bits per heavy atom. The van der Waals surface area contributed by atoms with E-state index in [0.29, 0.717) is 0 Å². The number of hydrogen-bond acceptors (Lipinski definition) is 5. The Morgan fingerprint density at radius 2 is 1.90 bits per heavy atom. The van der Waals surface area contributed by atoms with Gasteiger partial charge in [0.05, 0.1) is 19.4 Å². The van der Waals surface area contributed by atoms with Crippen LogP contribution in [0.5, 0.6) is 0 Å². The molecule has 7 nitrogen and oxygen atoms in total. The first-order valence-corrected chi connectivity index (χ1v) is 6.09. The number of primary amides is 2. The summed E-state index contributed by atoms with van der Waals surface area (Å²) in [7, 11) is 0. The van der Waals surface area contributed by atoms with Crippen molar-refractivity contribution < 1.29 is 28.9 Å². The Morgan fingerprint density at radius 1 is 1.29 bits per heavy atom. The van der Waals surface area contributed by atoms with E-state index in [1.165, 1.54) is 18.2 Å². The van der Waals surface area contributed by atoms with Crippen LogP contribution in [0.15, 0.2) is 24.3 Å². The minimum atomic E-state index is -2.43. The van der Waals surface area contributed by atoms with Crippen LogP contribution >= 0.6 is 0 Å². The van der Waals surface area contributed by atoms with Crippen LogP contribution in [0.2, 0.25) is 0 Å². The molecule has 2 unspecified atom stereocenters. The van der Waals surface area contributed by atoms with Crippen LogP contribution in [-0.4, -0.2) is 33.9 Å². The topological polar surface area (TPSA) is 136 Å². The van der Waals surface area contributed by atoms with E-state index in [2.05, 4.69) is 0 Å². The average molecular weight is 300 g/mol. The SMILES string of the molecule is NC(=O)CC(O)C(O)(CC(N)=O)OCc1ccccc1F. The van der Waals surface area contributed by atoms with Gasteiger partial charge in [-0.3, -0.25) is 9.59 Å². The van der Waals surface area contributed by atoms with Crippen molar-refractivity contribution in [1.82, 2.24) is 0 Å². The second-order valence-corrected chi connectivity index (χ2v) is 4.55. The molecule has 116 valence electrons. The molecule has 21 heavy (non-hydrogen) atoms. The first-order chi connectivity index (χ1) is 9.74. The summed E-state index contributed by atoms with van der Waals surface area (Å²) in [5.41, 5.74) is 9.98. The summed E-state index contributed by atoms with van der Waals surface area (Å²) in [5, 5.41) is 19.9. The van der Waals surface area contributed by atoms with Gasteiger partial charge in [-0.05, 0) is 6.07 Å². The van der Waals surface area contributed by atoms with Gasteiger partial charge in [0.2, 0.25) is 17.6 Å². The number of nitrogens with two attached hydrogens (primary N) is 2. The number of benzene rings is 1. The molecule has 8 heteroatoms. The van der Waals surface area contributed by atoms with Crippen molar-refractivity contribution in [3.63, 3.8) is 0 Å². The molecule has 0 aliphatic rings. The number of aliphatic hydroxyl groups is 2. The first kappa shape index (κ1) is 17.0. The minimum Gasteiger partial charge on any atom is -0.387 e. The monoisotopic (exact) mass is 300 g/mol. The highest BCUT2D eigenvalue weighted by molar-refractivity contribution is 5.76. The van der Waals surface area contributed by atoms with E-state index in [1.807, 2.05) is 0 Å². The molecular formula is C13H17FN2O5. The van der Waals surface area contributed by atoms with Gasteiger partial charge in [0.15, 0.2) is 0 Å². The van der Waals surface area contributed by atoms with E-state index in [0.717, 1.165) is 0 Å². The van der Waals surface area contributed by atoms with Gasteiger partial charge < -0.3 is 26.4 Å². The number of carbonyl (C=O) groups is 2. The number of hydrogen-bond donors (Lipinski definition) is 4. The van der Waals surface area contributed by atoms with Crippen LogP contribution in [0.1, 0.15) is 18.4 Å². The molecule has 0 fully saturated rings. The lowest BCUT2D eigenvalue weighted by Gasteiger charge is -2.31. The quantitative estimate of drug-likeness (QED) is 0.463. The van der Waals surface area contributed by atoms with Gasteiger partial charge in [-0.15, -0.1) is 0 Å². The molecule has 1 rings (SSSR count). The third kappa shape index (κ3) is 5.10. The zero-order valence-corrected chi connectivity index (χ0v) is 11.2. The van der Waals surface area contributed by atoms with Gasteiger partial charge in [-0.1, -0.05) is 18.2 Å². The fourth-order valence-electron chi connectivity index (χ4n) is 1.68. The van der Waals surface area contributed by atoms with Crippen LogP contribution in [-0.2, 0) is 20.9 Å². The molecule has 0 aliphatic carbocycles. The second kappa shape index (κ2) is 7.11. The van der Waals surface area contributed by atoms with Crippen molar-refractivity contribution in [1.29, 1.82) is 0 Å². The Hall–Kier alpha value is -2.03. The number of amides is 2. The molecule has 0 saturated carbocycles. The number of aliphatic hydroxyl groups excluding tert-OH is 1. The van der Waals surface area contributed by atoms with Crippen molar-refractivity contribution in [3.05, 3.63) is 35.6 Å². The van der Waals surface area contributed by atoms with Crippen LogP contribution in [0.4, 0.5) is 4.39 Å². The highest BCUT2D eigenvalue weighted by Gasteiger charge is 2.39. The first-order valence-electron chi connectivity index (χ1n) is 6.09. The van der Waals surface area contributed by atoms with Crippen molar-refractivity contribution in [2.45, 2.75) is 31.3 Å². The van der Waals surface area contributed by atoms with Gasteiger partial charge in [0.25, 0.3) is 0 Å². The van der Waals surface area contributed by atoms with E-state index >= 15 is 0 Å². The zero-order chi connectivity index (χ0) is 16.0. The molecule has 2 atom stereocenters. The van der Waals surface area contributed by atoms with Gasteiger partial charge in [-0.2, -0.15) is 0 Å². The summed E-state index contributed by atoms with van der Waals surface area (Å²) >= 11 is 0. The molecular weight excluding hydrogens is 283 g/mol. The van der Waals surface area contributed by atoms with E-state index in [1.54, 1.807) is 6.07 Å². The van der Waals surface area contributed by atoms with Crippen LogP contribution < -0.4 is 11.5 Å². The van der Waals surface area contributed by atoms with Gasteiger partial charge in [0.1, 0.15) is 11.9 Å².